The van der Waals surface area contributed by atoms with E-state index in [0.717, 1.165) is 30.4 Å². The molecule has 0 spiro atoms. The van der Waals surface area contributed by atoms with Gasteiger partial charge in [-0.3, -0.25) is 19.6 Å². The van der Waals surface area contributed by atoms with Gasteiger partial charge >= 0.3 is 0 Å². The Morgan fingerprint density at radius 3 is 1.94 bits per heavy atom. The molecule has 3 N–H and O–H groups in total. The number of nitrogens with zero attached hydrogens (tertiary/aromatic N) is 2. The van der Waals surface area contributed by atoms with Crippen LogP contribution in [0.5, 0.6) is 0 Å². The molecular weight excluding hydrogens is 472 g/mol. The van der Waals surface area contributed by atoms with Crippen molar-refractivity contribution in [2.75, 3.05) is 11.5 Å². The molecule has 0 aromatic heterocycles. The SMILES string of the molecule is CC(CCCCS(=O)CCCCC(C)(c1ccccc1)C(O)NC#N)(C(=O)NC#N)c1ccccc1. The number of aliphatic hydroxyl groups excluding tert-OH is 1. The maximum Gasteiger partial charge on any atom is 0.243 e. The Hall–Kier alpha value is -3.20. The Balaban J connectivity index is 1.82. The number of carbonyl (C=O) groups is 1. The van der Waals surface area contributed by atoms with Crippen LogP contribution < -0.4 is 10.6 Å². The number of benzene rings is 2. The normalized spacial score (nSPS) is 15.8. The molecule has 1 amide bonds. The molecule has 2 aromatic rings. The van der Waals surface area contributed by atoms with E-state index in [9.17, 15) is 14.1 Å². The van der Waals surface area contributed by atoms with Crippen molar-refractivity contribution < 1.29 is 14.1 Å². The second kappa shape index (κ2) is 14.4. The molecule has 36 heavy (non-hydrogen) atoms. The molecule has 2 rings (SSSR count). The average Bonchev–Trinajstić information content (AvgIpc) is 2.90. The first-order valence-corrected chi connectivity index (χ1v) is 13.7. The lowest BCUT2D eigenvalue weighted by Crippen LogP contribution is -2.44. The third-order valence-electron chi connectivity index (χ3n) is 6.94. The number of amides is 1. The monoisotopic (exact) mass is 508 g/mol. The minimum atomic E-state index is -1.01. The first-order chi connectivity index (χ1) is 17.3. The zero-order valence-corrected chi connectivity index (χ0v) is 21.9. The molecule has 0 saturated heterocycles. The largest absolute Gasteiger partial charge is 0.372 e. The molecule has 0 aliphatic rings. The van der Waals surface area contributed by atoms with E-state index in [-0.39, 0.29) is 5.91 Å². The van der Waals surface area contributed by atoms with Gasteiger partial charge in [-0.15, -0.1) is 0 Å². The molecule has 7 nitrogen and oxygen atoms in total. The van der Waals surface area contributed by atoms with Crippen LogP contribution in [0.2, 0.25) is 0 Å². The Kier molecular flexibility index (Phi) is 11.6. The first kappa shape index (κ1) is 29.0. The van der Waals surface area contributed by atoms with Crippen LogP contribution in [0.1, 0.15) is 63.5 Å². The summed E-state index contributed by atoms with van der Waals surface area (Å²) >= 11 is 0. The zero-order valence-electron chi connectivity index (χ0n) is 21.1. The van der Waals surface area contributed by atoms with Crippen LogP contribution in [0.4, 0.5) is 0 Å². The standard InChI is InChI=1S/C28H36N4O3S/c1-27(25(33)31-21-29,23-13-5-3-6-14-23)17-9-11-19-36(35)20-12-10-18-28(2,26(34)32-22-30)24-15-7-4-8-16-24/h3-8,13-16,25,31,33H,9-12,17-20H2,1-2H3,(H,32,34). The van der Waals surface area contributed by atoms with Gasteiger partial charge in [0.15, 0.2) is 12.4 Å². The van der Waals surface area contributed by atoms with Crippen molar-refractivity contribution in [2.45, 2.75) is 69.4 Å². The molecule has 0 radical (unpaired) electrons. The van der Waals surface area contributed by atoms with Gasteiger partial charge in [0.25, 0.3) is 0 Å². The highest BCUT2D eigenvalue weighted by atomic mass is 32.2. The number of hydrogen-bond acceptors (Lipinski definition) is 6. The summed E-state index contributed by atoms with van der Waals surface area (Å²) in [5.74, 6) is 0.795. The van der Waals surface area contributed by atoms with E-state index in [1.165, 1.54) is 0 Å². The van der Waals surface area contributed by atoms with Crippen molar-refractivity contribution in [3.63, 3.8) is 0 Å². The molecule has 0 aliphatic carbocycles. The summed E-state index contributed by atoms with van der Waals surface area (Å²) < 4.78 is 12.6. The quantitative estimate of drug-likeness (QED) is 0.145. The number of nitriles is 2. The van der Waals surface area contributed by atoms with E-state index < -0.39 is 27.9 Å². The highest BCUT2D eigenvalue weighted by molar-refractivity contribution is 7.84. The fraction of sp³-hybridized carbons (Fsp3) is 0.464. The van der Waals surface area contributed by atoms with Crippen LogP contribution in [0.3, 0.4) is 0 Å². The van der Waals surface area contributed by atoms with Gasteiger partial charge in [0, 0.05) is 27.7 Å². The third kappa shape index (κ3) is 7.91. The highest BCUT2D eigenvalue weighted by Gasteiger charge is 2.35. The molecule has 0 heterocycles. The molecule has 8 heteroatoms. The van der Waals surface area contributed by atoms with Crippen molar-refractivity contribution in [1.29, 1.82) is 10.5 Å². The Morgan fingerprint density at radius 2 is 1.42 bits per heavy atom. The second-order valence-electron chi connectivity index (χ2n) is 9.47. The fourth-order valence-electron chi connectivity index (χ4n) is 4.46. The minimum absolute atomic E-state index is 0.327. The predicted octanol–water partition coefficient (Wildman–Crippen LogP) is 3.98. The Bertz CT molecular complexity index is 1070. The van der Waals surface area contributed by atoms with Gasteiger partial charge < -0.3 is 5.11 Å². The molecule has 0 fully saturated rings. The number of hydrogen-bond donors (Lipinski definition) is 3. The molecule has 4 unspecified atom stereocenters. The van der Waals surface area contributed by atoms with Gasteiger partial charge in [-0.25, -0.2) is 0 Å². The third-order valence-corrected chi connectivity index (χ3v) is 8.42. The summed E-state index contributed by atoms with van der Waals surface area (Å²) in [5, 5.41) is 33.2. The van der Waals surface area contributed by atoms with Crippen LogP contribution in [-0.4, -0.2) is 33.0 Å². The van der Waals surface area contributed by atoms with Crippen molar-refractivity contribution in [3.05, 3.63) is 71.8 Å². The summed E-state index contributed by atoms with van der Waals surface area (Å²) in [6, 6.07) is 19.0. The molecule has 0 aliphatic heterocycles. The minimum Gasteiger partial charge on any atom is -0.372 e. The van der Waals surface area contributed by atoms with Crippen molar-refractivity contribution in [3.8, 4) is 12.4 Å². The van der Waals surface area contributed by atoms with E-state index in [2.05, 4.69) is 10.6 Å². The van der Waals surface area contributed by atoms with Gasteiger partial charge in [-0.1, -0.05) is 80.4 Å². The second-order valence-corrected chi connectivity index (χ2v) is 11.2. The van der Waals surface area contributed by atoms with E-state index in [1.54, 1.807) is 6.19 Å². The van der Waals surface area contributed by atoms with Crippen molar-refractivity contribution >= 4 is 16.7 Å². The van der Waals surface area contributed by atoms with E-state index in [0.29, 0.717) is 30.8 Å². The molecule has 0 saturated carbocycles. The number of carbonyl (C=O) groups excluding carboxylic acids is 1. The summed E-state index contributed by atoms with van der Waals surface area (Å²) in [6.07, 6.45) is 6.71. The first-order valence-electron chi connectivity index (χ1n) is 12.3. The van der Waals surface area contributed by atoms with Crippen molar-refractivity contribution in [1.82, 2.24) is 10.6 Å². The summed E-state index contributed by atoms with van der Waals surface area (Å²) in [5.41, 5.74) is 0.347. The smallest absolute Gasteiger partial charge is 0.243 e. The zero-order chi connectivity index (χ0) is 26.4. The summed E-state index contributed by atoms with van der Waals surface area (Å²) in [6.45, 7) is 3.77. The van der Waals surface area contributed by atoms with Gasteiger partial charge in [0.05, 0.1) is 5.41 Å². The van der Waals surface area contributed by atoms with Crippen LogP contribution in [0, 0.1) is 22.9 Å². The average molecular weight is 509 g/mol. The molecule has 4 atom stereocenters. The lowest BCUT2D eigenvalue weighted by molar-refractivity contribution is -0.125. The maximum absolute atomic E-state index is 12.6. The number of unbranched alkanes of at least 4 members (excludes halogenated alkanes) is 2. The Labute approximate surface area is 217 Å². The molecular formula is C28H36N4O3S. The number of rotatable bonds is 15. The van der Waals surface area contributed by atoms with Gasteiger partial charge in [-0.05, 0) is 43.7 Å². The summed E-state index contributed by atoms with van der Waals surface area (Å²) in [7, 11) is -0.977. The van der Waals surface area contributed by atoms with Gasteiger partial charge in [-0.2, -0.15) is 10.5 Å². The molecule has 0 bridgehead atoms. The van der Waals surface area contributed by atoms with Crippen LogP contribution in [0.25, 0.3) is 0 Å². The topological polar surface area (TPSA) is 126 Å². The van der Waals surface area contributed by atoms with Gasteiger partial charge in [0.2, 0.25) is 5.91 Å². The fourth-order valence-corrected chi connectivity index (χ4v) is 5.72. The lowest BCUT2D eigenvalue weighted by Gasteiger charge is -2.34. The predicted molar refractivity (Wildman–Crippen MR) is 142 cm³/mol. The van der Waals surface area contributed by atoms with Crippen LogP contribution in [-0.2, 0) is 26.4 Å². The number of nitrogens with one attached hydrogen (secondary N) is 2. The van der Waals surface area contributed by atoms with Gasteiger partial charge in [0.1, 0.15) is 6.23 Å². The lowest BCUT2D eigenvalue weighted by atomic mass is 9.76. The van der Waals surface area contributed by atoms with Crippen LogP contribution in [0.15, 0.2) is 60.7 Å². The number of aliphatic hydroxyl groups is 1. The van der Waals surface area contributed by atoms with Crippen LogP contribution >= 0.6 is 0 Å². The van der Waals surface area contributed by atoms with E-state index in [4.69, 9.17) is 10.5 Å². The van der Waals surface area contributed by atoms with Crippen molar-refractivity contribution in [2.24, 2.45) is 0 Å². The van der Waals surface area contributed by atoms with E-state index in [1.807, 2.05) is 80.7 Å². The van der Waals surface area contributed by atoms with E-state index >= 15 is 0 Å². The Morgan fingerprint density at radius 1 is 0.889 bits per heavy atom. The maximum atomic E-state index is 12.6. The molecule has 2 aromatic carbocycles. The highest BCUT2D eigenvalue weighted by Crippen LogP contribution is 2.33. The molecule has 192 valence electrons. The summed E-state index contributed by atoms with van der Waals surface area (Å²) in [4.78, 5) is 12.6.